The second-order valence-corrected chi connectivity index (χ2v) is 3.15. The van der Waals surface area contributed by atoms with E-state index < -0.39 is 5.91 Å². The van der Waals surface area contributed by atoms with Gasteiger partial charge in [0.25, 0.3) is 5.91 Å². The molecule has 0 saturated heterocycles. The van der Waals surface area contributed by atoms with Crippen LogP contribution >= 0.6 is 0 Å². The largest absolute Gasteiger partial charge is 0.366 e. The van der Waals surface area contributed by atoms with Gasteiger partial charge in [-0.3, -0.25) is 9.78 Å². The lowest BCUT2D eigenvalue weighted by molar-refractivity contribution is 0.0999. The van der Waals surface area contributed by atoms with Crippen molar-refractivity contribution >= 4 is 5.91 Å². The number of nitrogens with two attached hydrogens (primary N) is 1. The number of nitrogens with zero attached hydrogens (tertiary/aromatic N) is 1. The summed E-state index contributed by atoms with van der Waals surface area (Å²) in [6, 6.07) is 3.49. The number of primary amides is 1. The highest BCUT2D eigenvalue weighted by molar-refractivity contribution is 5.93. The summed E-state index contributed by atoms with van der Waals surface area (Å²) in [6.45, 7) is 7.26. The van der Waals surface area contributed by atoms with Crippen molar-refractivity contribution in [2.75, 3.05) is 0 Å². The summed E-state index contributed by atoms with van der Waals surface area (Å²) in [7, 11) is 0. The van der Waals surface area contributed by atoms with Crippen LogP contribution < -0.4 is 5.73 Å². The molecule has 0 atom stereocenters. The van der Waals surface area contributed by atoms with Gasteiger partial charge in [-0.15, -0.1) is 13.2 Å². The number of amides is 1. The fraction of sp³-hybridized carbons (Fsp3) is 0.167. The molecule has 15 heavy (non-hydrogen) atoms. The lowest BCUT2D eigenvalue weighted by atomic mass is 10.1. The van der Waals surface area contributed by atoms with Gasteiger partial charge in [0.15, 0.2) is 0 Å². The van der Waals surface area contributed by atoms with Gasteiger partial charge in [0.1, 0.15) is 0 Å². The zero-order valence-corrected chi connectivity index (χ0v) is 8.57. The van der Waals surface area contributed by atoms with Gasteiger partial charge in [0, 0.05) is 18.5 Å². The molecule has 1 aromatic rings. The molecule has 0 fully saturated rings. The van der Waals surface area contributed by atoms with Gasteiger partial charge >= 0.3 is 0 Å². The Kier molecular flexibility index (Phi) is 3.80. The van der Waals surface area contributed by atoms with E-state index in [1.807, 2.05) is 0 Å². The number of carbonyl (C=O) groups is 1. The highest BCUT2D eigenvalue weighted by Gasteiger charge is 2.08. The van der Waals surface area contributed by atoms with Crippen LogP contribution in [0.25, 0.3) is 0 Å². The van der Waals surface area contributed by atoms with E-state index in [-0.39, 0.29) is 0 Å². The Morgan fingerprint density at radius 1 is 1.33 bits per heavy atom. The molecule has 0 bridgehead atoms. The number of carbonyl (C=O) groups excluding carboxylic acids is 1. The van der Waals surface area contributed by atoms with Gasteiger partial charge in [0.2, 0.25) is 0 Å². The van der Waals surface area contributed by atoms with Gasteiger partial charge in [-0.2, -0.15) is 0 Å². The lowest BCUT2D eigenvalue weighted by Crippen LogP contribution is -2.15. The predicted octanol–water partition coefficient (Wildman–Crippen LogP) is 1.64. The molecule has 0 aliphatic rings. The van der Waals surface area contributed by atoms with Gasteiger partial charge in [-0.1, -0.05) is 12.2 Å². The van der Waals surface area contributed by atoms with Crippen LogP contribution in [-0.2, 0) is 12.8 Å². The topological polar surface area (TPSA) is 56.0 Å². The number of allylic oxidation sites excluding steroid dienone is 2. The highest BCUT2D eigenvalue weighted by Crippen LogP contribution is 2.09. The van der Waals surface area contributed by atoms with Gasteiger partial charge in [-0.05, 0) is 12.1 Å². The second-order valence-electron chi connectivity index (χ2n) is 3.15. The third kappa shape index (κ3) is 2.77. The van der Waals surface area contributed by atoms with Crippen LogP contribution in [0.15, 0.2) is 37.4 Å². The normalized spacial score (nSPS) is 9.60. The van der Waals surface area contributed by atoms with Crippen molar-refractivity contribution in [3.63, 3.8) is 0 Å². The smallest absolute Gasteiger partial charge is 0.250 e. The molecule has 0 aliphatic carbocycles. The zero-order valence-electron chi connectivity index (χ0n) is 8.57. The summed E-state index contributed by atoms with van der Waals surface area (Å²) in [5, 5.41) is 0. The molecule has 3 nitrogen and oxygen atoms in total. The number of hydrogen-bond acceptors (Lipinski definition) is 2. The van der Waals surface area contributed by atoms with Crippen molar-refractivity contribution < 1.29 is 4.79 Å². The molecule has 1 aromatic heterocycles. The molecule has 0 aliphatic heterocycles. The Balaban J connectivity index is 3.13. The first-order valence-electron chi connectivity index (χ1n) is 4.69. The first kappa shape index (κ1) is 11.2. The first-order valence-corrected chi connectivity index (χ1v) is 4.69. The fourth-order valence-corrected chi connectivity index (χ4v) is 1.32. The van der Waals surface area contributed by atoms with Crippen molar-refractivity contribution in [2.24, 2.45) is 5.73 Å². The molecular weight excluding hydrogens is 188 g/mol. The minimum Gasteiger partial charge on any atom is -0.366 e. The molecule has 1 rings (SSSR count). The van der Waals surface area contributed by atoms with Gasteiger partial charge < -0.3 is 5.73 Å². The van der Waals surface area contributed by atoms with Crippen LogP contribution in [0.5, 0.6) is 0 Å². The summed E-state index contributed by atoms with van der Waals surface area (Å²) < 4.78 is 0. The van der Waals surface area contributed by atoms with Crippen LogP contribution in [0, 0.1) is 0 Å². The molecule has 0 saturated carbocycles. The fourth-order valence-electron chi connectivity index (χ4n) is 1.32. The lowest BCUT2D eigenvalue weighted by Gasteiger charge is -2.05. The maximum absolute atomic E-state index is 11.1. The Morgan fingerprint density at radius 2 is 2.00 bits per heavy atom. The van der Waals surface area contributed by atoms with Crippen molar-refractivity contribution in [1.29, 1.82) is 0 Å². The molecular formula is C12H14N2O. The highest BCUT2D eigenvalue weighted by atomic mass is 16.1. The number of aromatic nitrogens is 1. The monoisotopic (exact) mass is 202 g/mol. The van der Waals surface area contributed by atoms with E-state index in [1.165, 1.54) is 0 Å². The first-order chi connectivity index (χ1) is 7.19. The molecule has 1 heterocycles. The summed E-state index contributed by atoms with van der Waals surface area (Å²) in [5.41, 5.74) is 7.26. The van der Waals surface area contributed by atoms with Crippen molar-refractivity contribution in [2.45, 2.75) is 12.8 Å². The molecule has 0 aromatic carbocycles. The molecule has 1 amide bonds. The minimum atomic E-state index is -0.454. The second kappa shape index (κ2) is 5.10. The van der Waals surface area contributed by atoms with E-state index in [1.54, 1.807) is 24.3 Å². The van der Waals surface area contributed by atoms with E-state index in [2.05, 4.69) is 18.1 Å². The standard InChI is InChI=1S/C12H14N2O/c1-3-5-9-7-8-10(12(13)15)11(14-9)6-4-2/h3-4,7-8H,1-2,5-6H2,(H2,13,15). The van der Waals surface area contributed by atoms with Crippen molar-refractivity contribution in [3.05, 3.63) is 54.4 Å². The van der Waals surface area contributed by atoms with E-state index in [9.17, 15) is 4.79 Å². The quantitative estimate of drug-likeness (QED) is 0.738. The number of pyridine rings is 1. The van der Waals surface area contributed by atoms with Crippen LogP contribution in [0.3, 0.4) is 0 Å². The molecule has 0 radical (unpaired) electrons. The minimum absolute atomic E-state index is 0.454. The van der Waals surface area contributed by atoms with E-state index in [0.717, 1.165) is 5.69 Å². The van der Waals surface area contributed by atoms with Crippen molar-refractivity contribution in [1.82, 2.24) is 4.98 Å². The van der Waals surface area contributed by atoms with E-state index >= 15 is 0 Å². The van der Waals surface area contributed by atoms with Gasteiger partial charge in [-0.25, -0.2) is 0 Å². The van der Waals surface area contributed by atoms with Crippen LogP contribution in [-0.4, -0.2) is 10.9 Å². The van der Waals surface area contributed by atoms with Gasteiger partial charge in [0.05, 0.1) is 11.3 Å². The summed E-state index contributed by atoms with van der Waals surface area (Å²) in [4.78, 5) is 15.4. The zero-order chi connectivity index (χ0) is 11.3. The van der Waals surface area contributed by atoms with E-state index in [0.29, 0.717) is 24.1 Å². The molecule has 0 unspecified atom stereocenters. The Bertz CT molecular complexity index is 397. The number of hydrogen-bond donors (Lipinski definition) is 1. The van der Waals surface area contributed by atoms with E-state index in [4.69, 9.17) is 5.73 Å². The summed E-state index contributed by atoms with van der Waals surface area (Å²) in [5.74, 6) is -0.454. The SMILES string of the molecule is C=CCc1ccc(C(N)=O)c(CC=C)n1. The average molecular weight is 202 g/mol. The Hall–Kier alpha value is -1.90. The summed E-state index contributed by atoms with van der Waals surface area (Å²) in [6.07, 6.45) is 4.70. The molecule has 2 N–H and O–H groups in total. The maximum Gasteiger partial charge on any atom is 0.250 e. The van der Waals surface area contributed by atoms with Crippen LogP contribution in [0.2, 0.25) is 0 Å². The molecule has 0 spiro atoms. The predicted molar refractivity (Wildman–Crippen MR) is 60.6 cm³/mol. The van der Waals surface area contributed by atoms with Crippen molar-refractivity contribution in [3.8, 4) is 0 Å². The Morgan fingerprint density at radius 3 is 2.53 bits per heavy atom. The Labute approximate surface area is 89.3 Å². The molecule has 3 heteroatoms. The summed E-state index contributed by atoms with van der Waals surface area (Å²) >= 11 is 0. The molecule has 78 valence electrons. The maximum atomic E-state index is 11.1. The van der Waals surface area contributed by atoms with Crippen LogP contribution in [0.4, 0.5) is 0 Å². The average Bonchev–Trinajstić information content (AvgIpc) is 2.18. The number of rotatable bonds is 5. The third-order valence-electron chi connectivity index (χ3n) is 1.99. The third-order valence-corrected chi connectivity index (χ3v) is 1.99. The van der Waals surface area contributed by atoms with Crippen LogP contribution in [0.1, 0.15) is 21.7 Å².